The summed E-state index contributed by atoms with van der Waals surface area (Å²) >= 11 is 0. The first kappa shape index (κ1) is 16.9. The highest BCUT2D eigenvalue weighted by Gasteiger charge is 2.28. The average molecular weight is 296 g/mol. The van der Waals surface area contributed by atoms with Crippen LogP contribution in [-0.4, -0.2) is 25.2 Å². The predicted octanol–water partition coefficient (Wildman–Crippen LogP) is 2.12. The lowest BCUT2D eigenvalue weighted by atomic mass is 10.1. The topological polar surface area (TPSA) is 82.8 Å². The first-order chi connectivity index (χ1) is 10.0. The standard InChI is InChI=1S/C15H20O6/c1-5-9-11(14(17)19-7-3)13(16)12(10(6-2)21-9)15(18)20-8-4/h5-8H2,1-4H3. The van der Waals surface area contributed by atoms with Gasteiger partial charge in [-0.25, -0.2) is 9.59 Å². The molecule has 116 valence electrons. The fraction of sp³-hybridized carbons (Fsp3) is 0.533. The van der Waals surface area contributed by atoms with Crippen molar-refractivity contribution in [2.75, 3.05) is 13.2 Å². The van der Waals surface area contributed by atoms with Crippen LogP contribution in [0.4, 0.5) is 0 Å². The minimum absolute atomic E-state index is 0.131. The molecule has 0 saturated carbocycles. The van der Waals surface area contributed by atoms with Crippen molar-refractivity contribution in [2.45, 2.75) is 40.5 Å². The molecule has 0 unspecified atom stereocenters. The molecule has 0 radical (unpaired) electrons. The van der Waals surface area contributed by atoms with Gasteiger partial charge in [0.15, 0.2) is 0 Å². The molecule has 0 amide bonds. The molecule has 0 aliphatic carbocycles. The summed E-state index contributed by atoms with van der Waals surface area (Å²) in [6.07, 6.45) is 0.693. The Morgan fingerprint density at radius 2 is 1.24 bits per heavy atom. The summed E-state index contributed by atoms with van der Waals surface area (Å²) in [6.45, 7) is 7.04. The maximum absolute atomic E-state index is 12.5. The van der Waals surface area contributed by atoms with Crippen LogP contribution in [0.2, 0.25) is 0 Å². The van der Waals surface area contributed by atoms with Crippen LogP contribution in [0.25, 0.3) is 0 Å². The van der Waals surface area contributed by atoms with Gasteiger partial charge in [0.2, 0.25) is 5.43 Å². The summed E-state index contributed by atoms with van der Waals surface area (Å²) in [7, 11) is 0. The quantitative estimate of drug-likeness (QED) is 0.748. The Hall–Kier alpha value is -2.11. The van der Waals surface area contributed by atoms with Crippen molar-refractivity contribution in [1.29, 1.82) is 0 Å². The second kappa shape index (κ2) is 7.61. The van der Waals surface area contributed by atoms with Crippen LogP contribution >= 0.6 is 0 Å². The largest absolute Gasteiger partial charge is 0.464 e. The smallest absolute Gasteiger partial charge is 0.345 e. The highest BCUT2D eigenvalue weighted by Crippen LogP contribution is 2.16. The van der Waals surface area contributed by atoms with E-state index in [0.29, 0.717) is 12.8 Å². The Balaban J connectivity index is 3.57. The van der Waals surface area contributed by atoms with Crippen molar-refractivity contribution in [3.05, 3.63) is 32.9 Å². The Morgan fingerprint density at radius 1 is 0.857 bits per heavy atom. The van der Waals surface area contributed by atoms with Crippen LogP contribution in [0.15, 0.2) is 9.21 Å². The summed E-state index contributed by atoms with van der Waals surface area (Å²) in [4.78, 5) is 36.4. The lowest BCUT2D eigenvalue weighted by Crippen LogP contribution is -2.28. The van der Waals surface area contributed by atoms with Gasteiger partial charge in [0.25, 0.3) is 0 Å². The molecule has 0 aliphatic heterocycles. The van der Waals surface area contributed by atoms with Gasteiger partial charge in [-0.15, -0.1) is 0 Å². The normalized spacial score (nSPS) is 10.3. The Bertz CT molecular complexity index is 537. The minimum atomic E-state index is -0.781. The van der Waals surface area contributed by atoms with E-state index in [9.17, 15) is 14.4 Å². The van der Waals surface area contributed by atoms with Crippen LogP contribution in [0.5, 0.6) is 0 Å². The Morgan fingerprint density at radius 3 is 1.52 bits per heavy atom. The van der Waals surface area contributed by atoms with Gasteiger partial charge in [-0.2, -0.15) is 0 Å². The number of carbonyl (C=O) groups excluding carboxylic acids is 2. The SMILES string of the molecule is CCOC(=O)c1c(CC)oc(CC)c(C(=O)OCC)c1=O. The highest BCUT2D eigenvalue weighted by molar-refractivity contribution is 5.96. The third-order valence-electron chi connectivity index (χ3n) is 2.86. The summed E-state index contributed by atoms with van der Waals surface area (Å²) in [6, 6.07) is 0. The molecule has 6 heteroatoms. The van der Waals surface area contributed by atoms with E-state index < -0.39 is 17.4 Å². The molecule has 1 aromatic rings. The molecule has 1 rings (SSSR count). The van der Waals surface area contributed by atoms with E-state index in [2.05, 4.69) is 0 Å². The molecule has 6 nitrogen and oxygen atoms in total. The van der Waals surface area contributed by atoms with E-state index in [0.717, 1.165) is 0 Å². The first-order valence-electron chi connectivity index (χ1n) is 7.04. The average Bonchev–Trinajstić information content (AvgIpc) is 2.46. The molecule has 0 saturated heterocycles. The number of hydrogen-bond acceptors (Lipinski definition) is 6. The maximum Gasteiger partial charge on any atom is 0.345 e. The molecule has 0 N–H and O–H groups in total. The minimum Gasteiger partial charge on any atom is -0.464 e. The molecule has 0 fully saturated rings. The van der Waals surface area contributed by atoms with Gasteiger partial charge in [0.05, 0.1) is 13.2 Å². The highest BCUT2D eigenvalue weighted by atomic mass is 16.5. The van der Waals surface area contributed by atoms with Crippen molar-refractivity contribution >= 4 is 11.9 Å². The number of rotatable bonds is 6. The molecule has 0 spiro atoms. The Labute approximate surface area is 123 Å². The summed E-state index contributed by atoms with van der Waals surface area (Å²) < 4.78 is 15.3. The fourth-order valence-corrected chi connectivity index (χ4v) is 1.95. The summed E-state index contributed by atoms with van der Waals surface area (Å²) in [5.74, 6) is -1.11. The predicted molar refractivity (Wildman–Crippen MR) is 75.6 cm³/mol. The lowest BCUT2D eigenvalue weighted by Gasteiger charge is -2.11. The molecule has 21 heavy (non-hydrogen) atoms. The van der Waals surface area contributed by atoms with E-state index in [1.165, 1.54) is 0 Å². The third kappa shape index (κ3) is 3.51. The van der Waals surface area contributed by atoms with Gasteiger partial charge >= 0.3 is 11.9 Å². The molecule has 0 atom stereocenters. The van der Waals surface area contributed by atoms with Crippen molar-refractivity contribution in [2.24, 2.45) is 0 Å². The third-order valence-corrected chi connectivity index (χ3v) is 2.86. The van der Waals surface area contributed by atoms with Crippen LogP contribution in [0, 0.1) is 0 Å². The molecular weight excluding hydrogens is 276 g/mol. The fourth-order valence-electron chi connectivity index (χ4n) is 1.95. The maximum atomic E-state index is 12.5. The van der Waals surface area contributed by atoms with Gasteiger partial charge in [0, 0.05) is 12.8 Å². The molecular formula is C15H20O6. The summed E-state index contributed by atoms with van der Waals surface area (Å²) in [5, 5.41) is 0. The zero-order chi connectivity index (χ0) is 16.0. The monoisotopic (exact) mass is 296 g/mol. The summed E-state index contributed by atoms with van der Waals surface area (Å²) in [5.41, 5.74) is -1.13. The van der Waals surface area contributed by atoms with Crippen LogP contribution < -0.4 is 5.43 Å². The van der Waals surface area contributed by atoms with E-state index in [1.807, 2.05) is 0 Å². The van der Waals surface area contributed by atoms with Crippen LogP contribution in [0.3, 0.4) is 0 Å². The van der Waals surface area contributed by atoms with Crippen LogP contribution in [-0.2, 0) is 22.3 Å². The van der Waals surface area contributed by atoms with E-state index in [1.54, 1.807) is 27.7 Å². The molecule has 0 bridgehead atoms. The number of carbonyl (C=O) groups is 2. The second-order valence-corrected chi connectivity index (χ2v) is 4.18. The Kier molecular flexibility index (Phi) is 6.14. The first-order valence-corrected chi connectivity index (χ1v) is 7.04. The van der Waals surface area contributed by atoms with Crippen LogP contribution in [0.1, 0.15) is 59.9 Å². The lowest BCUT2D eigenvalue weighted by molar-refractivity contribution is 0.0512. The zero-order valence-corrected chi connectivity index (χ0v) is 12.8. The van der Waals surface area contributed by atoms with E-state index >= 15 is 0 Å². The molecule has 1 aromatic heterocycles. The van der Waals surface area contributed by atoms with Gasteiger partial charge < -0.3 is 13.9 Å². The number of esters is 2. The van der Waals surface area contributed by atoms with E-state index in [-0.39, 0.29) is 35.9 Å². The van der Waals surface area contributed by atoms with E-state index in [4.69, 9.17) is 13.9 Å². The zero-order valence-electron chi connectivity index (χ0n) is 12.8. The van der Waals surface area contributed by atoms with Crippen molar-refractivity contribution < 1.29 is 23.5 Å². The van der Waals surface area contributed by atoms with Gasteiger partial charge in [-0.1, -0.05) is 13.8 Å². The van der Waals surface area contributed by atoms with Crippen molar-refractivity contribution in [3.8, 4) is 0 Å². The number of aryl methyl sites for hydroxylation is 2. The number of ether oxygens (including phenoxy) is 2. The van der Waals surface area contributed by atoms with Crippen molar-refractivity contribution in [1.82, 2.24) is 0 Å². The van der Waals surface area contributed by atoms with Crippen molar-refractivity contribution in [3.63, 3.8) is 0 Å². The van der Waals surface area contributed by atoms with Gasteiger partial charge in [-0.05, 0) is 13.8 Å². The van der Waals surface area contributed by atoms with Gasteiger partial charge in [-0.3, -0.25) is 4.79 Å². The molecule has 1 heterocycles. The molecule has 0 aliphatic rings. The number of hydrogen-bond donors (Lipinski definition) is 0. The second-order valence-electron chi connectivity index (χ2n) is 4.18. The van der Waals surface area contributed by atoms with Gasteiger partial charge in [0.1, 0.15) is 22.6 Å². The molecule has 0 aromatic carbocycles.